The normalized spacial score (nSPS) is 10.5. The van der Waals surface area contributed by atoms with E-state index >= 15 is 0 Å². The van der Waals surface area contributed by atoms with Gasteiger partial charge >= 0.3 is 0 Å². The van der Waals surface area contributed by atoms with Crippen LogP contribution in [0.1, 0.15) is 68.5 Å². The van der Waals surface area contributed by atoms with Crippen molar-refractivity contribution in [1.82, 2.24) is 0 Å². The van der Waals surface area contributed by atoms with Gasteiger partial charge in [0.2, 0.25) is 0 Å². The van der Waals surface area contributed by atoms with Crippen molar-refractivity contribution < 1.29 is 28.6 Å². The summed E-state index contributed by atoms with van der Waals surface area (Å²) in [6.45, 7) is 5.55. The summed E-state index contributed by atoms with van der Waals surface area (Å²) in [5, 5.41) is 0. The molecule has 4 rings (SSSR count). The fourth-order valence-corrected chi connectivity index (χ4v) is 3.95. The topological polar surface area (TPSA) is 78.9 Å². The van der Waals surface area contributed by atoms with Crippen LogP contribution in [0.4, 0.5) is 0 Å². The summed E-state index contributed by atoms with van der Waals surface area (Å²) < 4.78 is 17.9. The van der Waals surface area contributed by atoms with Gasteiger partial charge in [-0.25, -0.2) is 0 Å². The van der Waals surface area contributed by atoms with Gasteiger partial charge in [0, 0.05) is 16.7 Å². The average molecular weight is 523 g/mol. The van der Waals surface area contributed by atoms with Crippen molar-refractivity contribution in [3.05, 3.63) is 124 Å². The molecular formula is C33H30O6. The van der Waals surface area contributed by atoms with Gasteiger partial charge in [-0.1, -0.05) is 0 Å². The number of Topliss-reactive ketones (excluding diaryl/α,β-unsaturated/α-hetero) is 3. The first-order valence-electron chi connectivity index (χ1n) is 12.6. The van der Waals surface area contributed by atoms with Gasteiger partial charge in [-0.05, 0) is 128 Å². The number of hydrogen-bond acceptors (Lipinski definition) is 6. The third-order valence-electron chi connectivity index (χ3n) is 6.11. The summed E-state index contributed by atoms with van der Waals surface area (Å²) in [7, 11) is 0. The third-order valence-corrected chi connectivity index (χ3v) is 6.11. The Bertz CT molecular complexity index is 1260. The maximum atomic E-state index is 11.5. The van der Waals surface area contributed by atoms with Crippen LogP contribution in [0.5, 0.6) is 17.2 Å². The molecule has 0 amide bonds. The zero-order chi connectivity index (χ0) is 27.8. The molecule has 0 radical (unpaired) electrons. The summed E-state index contributed by atoms with van der Waals surface area (Å²) in [5.41, 5.74) is 4.70. The van der Waals surface area contributed by atoms with Crippen molar-refractivity contribution in [2.45, 2.75) is 40.6 Å². The van der Waals surface area contributed by atoms with E-state index in [1.807, 2.05) is 18.2 Å². The maximum absolute atomic E-state index is 11.5. The molecule has 0 bridgehead atoms. The van der Waals surface area contributed by atoms with Gasteiger partial charge in [-0.2, -0.15) is 0 Å². The highest BCUT2D eigenvalue weighted by molar-refractivity contribution is 5.95. The number of ether oxygens (including phenoxy) is 3. The van der Waals surface area contributed by atoms with Crippen molar-refractivity contribution in [1.29, 1.82) is 0 Å². The van der Waals surface area contributed by atoms with E-state index in [0.717, 1.165) is 16.7 Å². The lowest BCUT2D eigenvalue weighted by Crippen LogP contribution is -2.04. The molecule has 4 aromatic rings. The minimum absolute atomic E-state index is 0.00533. The fraction of sp³-hybridized carbons (Fsp3) is 0.182. The molecule has 0 N–H and O–H groups in total. The summed E-state index contributed by atoms with van der Waals surface area (Å²) >= 11 is 0. The van der Waals surface area contributed by atoms with Gasteiger partial charge in [0.15, 0.2) is 17.3 Å². The molecule has 0 spiro atoms. The molecule has 39 heavy (non-hydrogen) atoms. The van der Waals surface area contributed by atoms with Gasteiger partial charge < -0.3 is 14.2 Å². The number of carbonyl (C=O) groups is 3. The van der Waals surface area contributed by atoms with Crippen LogP contribution in [0.3, 0.4) is 0 Å². The van der Waals surface area contributed by atoms with Crippen LogP contribution in [-0.4, -0.2) is 17.3 Å². The lowest BCUT2D eigenvalue weighted by molar-refractivity contribution is 0.100. The Labute approximate surface area is 228 Å². The predicted octanol–water partition coefficient (Wildman–Crippen LogP) is 7.03. The standard InChI is InChI=1S/C33H30O6/c1-22(34)28-4-10-31(11-5-28)37-19-25-16-26(20-38-32-12-6-29(7-13-32)23(2)35)18-27(17-25)21-39-33-14-8-30(9-15-33)24(3)36/h4-18H,19-21H2,1-3H3. The molecule has 0 saturated heterocycles. The first kappa shape index (κ1) is 27.3. The number of hydrogen-bond donors (Lipinski definition) is 0. The summed E-state index contributed by atoms with van der Waals surface area (Å²) in [5.74, 6) is 2.00. The zero-order valence-corrected chi connectivity index (χ0v) is 22.2. The number of carbonyl (C=O) groups excluding carboxylic acids is 3. The molecule has 0 heterocycles. The number of benzene rings is 4. The van der Waals surface area contributed by atoms with Crippen molar-refractivity contribution in [3.63, 3.8) is 0 Å². The van der Waals surface area contributed by atoms with E-state index < -0.39 is 0 Å². The van der Waals surface area contributed by atoms with Gasteiger partial charge in [-0.15, -0.1) is 0 Å². The Kier molecular flexibility index (Phi) is 8.90. The summed E-state index contributed by atoms with van der Waals surface area (Å²) in [6.07, 6.45) is 0. The highest BCUT2D eigenvalue weighted by Crippen LogP contribution is 2.21. The second-order valence-corrected chi connectivity index (χ2v) is 9.27. The van der Waals surface area contributed by atoms with Crippen LogP contribution in [0.2, 0.25) is 0 Å². The Hall–Kier alpha value is -4.71. The molecule has 198 valence electrons. The molecular weight excluding hydrogens is 492 g/mol. The Morgan fingerprint density at radius 2 is 0.667 bits per heavy atom. The first-order valence-corrected chi connectivity index (χ1v) is 12.6. The van der Waals surface area contributed by atoms with E-state index in [1.165, 1.54) is 20.8 Å². The Balaban J connectivity index is 1.48. The van der Waals surface area contributed by atoms with E-state index in [4.69, 9.17) is 14.2 Å². The van der Waals surface area contributed by atoms with E-state index in [-0.39, 0.29) is 17.3 Å². The van der Waals surface area contributed by atoms with Crippen LogP contribution >= 0.6 is 0 Å². The molecule has 0 saturated carbocycles. The molecule has 6 nitrogen and oxygen atoms in total. The zero-order valence-electron chi connectivity index (χ0n) is 22.2. The van der Waals surface area contributed by atoms with Crippen LogP contribution in [-0.2, 0) is 19.8 Å². The average Bonchev–Trinajstić information content (AvgIpc) is 2.94. The monoisotopic (exact) mass is 522 g/mol. The van der Waals surface area contributed by atoms with Crippen LogP contribution in [0, 0.1) is 0 Å². The molecule has 0 unspecified atom stereocenters. The maximum Gasteiger partial charge on any atom is 0.159 e. The fourth-order valence-electron chi connectivity index (χ4n) is 3.95. The second-order valence-electron chi connectivity index (χ2n) is 9.27. The smallest absolute Gasteiger partial charge is 0.159 e. The second kappa shape index (κ2) is 12.7. The summed E-state index contributed by atoms with van der Waals surface area (Å²) in [4.78, 5) is 34.6. The summed E-state index contributed by atoms with van der Waals surface area (Å²) in [6, 6.07) is 27.2. The SMILES string of the molecule is CC(=O)c1ccc(OCc2cc(COc3ccc(C(C)=O)cc3)cc(COc3ccc(C(C)=O)cc3)c2)cc1. The largest absolute Gasteiger partial charge is 0.489 e. The van der Waals surface area contributed by atoms with Crippen molar-refractivity contribution in [2.75, 3.05) is 0 Å². The minimum atomic E-state index is 0.00533. The molecule has 0 atom stereocenters. The van der Waals surface area contributed by atoms with E-state index in [1.54, 1.807) is 72.8 Å². The molecule has 4 aromatic carbocycles. The third kappa shape index (κ3) is 7.89. The molecule has 0 fully saturated rings. The van der Waals surface area contributed by atoms with E-state index in [0.29, 0.717) is 53.8 Å². The van der Waals surface area contributed by atoms with E-state index in [2.05, 4.69) is 0 Å². The van der Waals surface area contributed by atoms with Gasteiger partial charge in [0.05, 0.1) is 0 Å². The lowest BCUT2D eigenvalue weighted by Gasteiger charge is -2.13. The van der Waals surface area contributed by atoms with Crippen molar-refractivity contribution >= 4 is 17.3 Å². The molecule has 0 aliphatic carbocycles. The van der Waals surface area contributed by atoms with Crippen molar-refractivity contribution in [2.24, 2.45) is 0 Å². The van der Waals surface area contributed by atoms with Gasteiger partial charge in [-0.3, -0.25) is 14.4 Å². The van der Waals surface area contributed by atoms with Crippen LogP contribution in [0.25, 0.3) is 0 Å². The Morgan fingerprint density at radius 1 is 0.436 bits per heavy atom. The number of rotatable bonds is 12. The molecule has 0 aliphatic heterocycles. The predicted molar refractivity (Wildman–Crippen MR) is 149 cm³/mol. The van der Waals surface area contributed by atoms with E-state index in [9.17, 15) is 14.4 Å². The molecule has 6 heteroatoms. The minimum Gasteiger partial charge on any atom is -0.489 e. The van der Waals surface area contributed by atoms with Crippen molar-refractivity contribution in [3.8, 4) is 17.2 Å². The lowest BCUT2D eigenvalue weighted by atomic mass is 10.1. The highest BCUT2D eigenvalue weighted by Gasteiger charge is 2.08. The van der Waals surface area contributed by atoms with Crippen LogP contribution < -0.4 is 14.2 Å². The van der Waals surface area contributed by atoms with Gasteiger partial charge in [0.25, 0.3) is 0 Å². The highest BCUT2D eigenvalue weighted by atomic mass is 16.5. The molecule has 0 aromatic heterocycles. The Morgan fingerprint density at radius 3 is 0.872 bits per heavy atom. The molecule has 0 aliphatic rings. The van der Waals surface area contributed by atoms with Crippen LogP contribution in [0.15, 0.2) is 91.0 Å². The first-order chi connectivity index (χ1) is 18.8. The number of ketones is 3. The van der Waals surface area contributed by atoms with Gasteiger partial charge in [0.1, 0.15) is 37.1 Å². The quantitative estimate of drug-likeness (QED) is 0.186.